The van der Waals surface area contributed by atoms with Gasteiger partial charge >= 0.3 is 0 Å². The van der Waals surface area contributed by atoms with Crippen LogP contribution >= 0.6 is 27.7 Å². The van der Waals surface area contributed by atoms with Crippen LogP contribution in [-0.2, 0) is 4.79 Å². The van der Waals surface area contributed by atoms with Crippen molar-refractivity contribution in [2.75, 3.05) is 11.6 Å². The second-order valence-electron chi connectivity index (χ2n) is 5.20. The first kappa shape index (κ1) is 17.8. The Labute approximate surface area is 148 Å². The van der Waals surface area contributed by atoms with Crippen molar-refractivity contribution in [3.8, 4) is 11.4 Å². The van der Waals surface area contributed by atoms with Gasteiger partial charge in [-0.1, -0.05) is 53.2 Å². The number of nitrogens with two attached hydrogens (primary N) is 1. The molecular weight excluding hydrogens is 378 g/mol. The number of nitrogens with zero attached hydrogens (tertiary/aromatic N) is 3. The van der Waals surface area contributed by atoms with Gasteiger partial charge < -0.3 is 11.2 Å². The Morgan fingerprint density at radius 3 is 2.87 bits per heavy atom. The molecule has 0 bridgehead atoms. The molecule has 0 aliphatic rings. The molecule has 124 valence electrons. The summed E-state index contributed by atoms with van der Waals surface area (Å²) in [6, 6.07) is 7.83. The largest absolute Gasteiger partial charge is 0.353 e. The van der Waals surface area contributed by atoms with E-state index in [4.69, 9.17) is 5.84 Å². The third-order valence-electron chi connectivity index (χ3n) is 3.24. The lowest BCUT2D eigenvalue weighted by Crippen LogP contribution is -2.33. The number of rotatable bonds is 7. The smallest absolute Gasteiger partial charge is 0.230 e. The van der Waals surface area contributed by atoms with Crippen LogP contribution in [0, 0.1) is 0 Å². The Kier molecular flexibility index (Phi) is 6.47. The lowest BCUT2D eigenvalue weighted by Gasteiger charge is -2.12. The minimum Gasteiger partial charge on any atom is -0.353 e. The van der Waals surface area contributed by atoms with Crippen molar-refractivity contribution >= 4 is 33.6 Å². The SMILES string of the molecule is CCC[C@@H](C)NC(=O)CSc1nnc(-c2ccccc2Br)n1N. The molecule has 2 rings (SSSR count). The third kappa shape index (κ3) is 4.71. The Morgan fingerprint density at radius 2 is 2.17 bits per heavy atom. The molecule has 8 heteroatoms. The highest BCUT2D eigenvalue weighted by molar-refractivity contribution is 9.10. The fourth-order valence-corrected chi connectivity index (χ4v) is 3.28. The molecule has 1 atom stereocenters. The number of aromatic nitrogens is 3. The monoisotopic (exact) mass is 397 g/mol. The van der Waals surface area contributed by atoms with Gasteiger partial charge in [0.15, 0.2) is 5.82 Å². The molecule has 2 aromatic rings. The van der Waals surface area contributed by atoms with Crippen molar-refractivity contribution in [2.45, 2.75) is 37.9 Å². The van der Waals surface area contributed by atoms with Crippen LogP contribution in [0.4, 0.5) is 0 Å². The van der Waals surface area contributed by atoms with Gasteiger partial charge in [-0.3, -0.25) is 4.79 Å². The second-order valence-corrected chi connectivity index (χ2v) is 7.00. The zero-order chi connectivity index (χ0) is 16.8. The van der Waals surface area contributed by atoms with E-state index in [0.717, 1.165) is 22.9 Å². The number of carbonyl (C=O) groups excluding carboxylic acids is 1. The van der Waals surface area contributed by atoms with Crippen LogP contribution in [-0.4, -0.2) is 32.6 Å². The van der Waals surface area contributed by atoms with Gasteiger partial charge in [-0.05, 0) is 25.5 Å². The summed E-state index contributed by atoms with van der Waals surface area (Å²) < 4.78 is 2.30. The average Bonchev–Trinajstić information content (AvgIpc) is 2.87. The molecule has 0 radical (unpaired) electrons. The number of hydrogen-bond acceptors (Lipinski definition) is 5. The van der Waals surface area contributed by atoms with Crippen LogP contribution in [0.3, 0.4) is 0 Å². The van der Waals surface area contributed by atoms with Crippen LogP contribution in [0.25, 0.3) is 11.4 Å². The molecule has 0 saturated heterocycles. The Hall–Kier alpha value is -1.54. The molecule has 0 aliphatic heterocycles. The minimum atomic E-state index is -0.0265. The number of benzene rings is 1. The van der Waals surface area contributed by atoms with E-state index in [0.29, 0.717) is 11.0 Å². The summed E-state index contributed by atoms with van der Waals surface area (Å²) in [6.07, 6.45) is 2.01. The molecule has 1 heterocycles. The lowest BCUT2D eigenvalue weighted by atomic mass is 10.2. The van der Waals surface area contributed by atoms with Crippen LogP contribution in [0.5, 0.6) is 0 Å². The molecule has 0 saturated carbocycles. The Bertz CT molecular complexity index is 676. The predicted octanol–water partition coefficient (Wildman–Crippen LogP) is 2.82. The van der Waals surface area contributed by atoms with Crippen LogP contribution in [0.15, 0.2) is 33.9 Å². The maximum absolute atomic E-state index is 11.9. The minimum absolute atomic E-state index is 0.0265. The zero-order valence-corrected chi connectivity index (χ0v) is 15.5. The van der Waals surface area contributed by atoms with Crippen molar-refractivity contribution in [2.24, 2.45) is 0 Å². The van der Waals surface area contributed by atoms with Gasteiger partial charge in [0.25, 0.3) is 0 Å². The van der Waals surface area contributed by atoms with E-state index in [2.05, 4.69) is 38.4 Å². The van der Waals surface area contributed by atoms with E-state index < -0.39 is 0 Å². The van der Waals surface area contributed by atoms with Gasteiger partial charge in [0.1, 0.15) is 0 Å². The van der Waals surface area contributed by atoms with Crippen molar-refractivity contribution in [1.82, 2.24) is 20.2 Å². The second kappa shape index (κ2) is 8.35. The zero-order valence-electron chi connectivity index (χ0n) is 13.1. The Morgan fingerprint density at radius 1 is 1.43 bits per heavy atom. The summed E-state index contributed by atoms with van der Waals surface area (Å²) in [7, 11) is 0. The fourth-order valence-electron chi connectivity index (χ4n) is 2.15. The van der Waals surface area contributed by atoms with E-state index in [1.165, 1.54) is 16.4 Å². The molecule has 0 aliphatic carbocycles. The van der Waals surface area contributed by atoms with Crippen LogP contribution in [0.1, 0.15) is 26.7 Å². The van der Waals surface area contributed by atoms with Crippen molar-refractivity contribution in [3.05, 3.63) is 28.7 Å². The van der Waals surface area contributed by atoms with E-state index in [1.807, 2.05) is 31.2 Å². The lowest BCUT2D eigenvalue weighted by molar-refractivity contribution is -0.119. The summed E-state index contributed by atoms with van der Waals surface area (Å²) in [5.74, 6) is 6.85. The van der Waals surface area contributed by atoms with Crippen molar-refractivity contribution in [1.29, 1.82) is 0 Å². The number of amides is 1. The first-order chi connectivity index (χ1) is 11.0. The molecule has 1 aromatic heterocycles. The molecule has 6 nitrogen and oxygen atoms in total. The number of carbonyl (C=O) groups is 1. The molecule has 3 N–H and O–H groups in total. The van der Waals surface area contributed by atoms with Gasteiger partial charge in [-0.15, -0.1) is 10.2 Å². The molecule has 0 fully saturated rings. The molecular formula is C15H20BrN5OS. The maximum Gasteiger partial charge on any atom is 0.230 e. The van der Waals surface area contributed by atoms with Gasteiger partial charge in [0, 0.05) is 16.1 Å². The standard InChI is InChI=1S/C15H20BrN5OS/c1-3-6-10(2)18-13(22)9-23-15-20-19-14(21(15)17)11-7-4-5-8-12(11)16/h4-5,7-8,10H,3,6,9,17H2,1-2H3,(H,18,22)/t10-/m1/s1. The normalized spacial score (nSPS) is 12.1. The molecule has 0 spiro atoms. The molecule has 0 unspecified atom stereocenters. The van der Waals surface area contributed by atoms with Crippen molar-refractivity contribution in [3.63, 3.8) is 0 Å². The van der Waals surface area contributed by atoms with Crippen LogP contribution in [0.2, 0.25) is 0 Å². The summed E-state index contributed by atoms with van der Waals surface area (Å²) in [6.45, 7) is 4.10. The highest BCUT2D eigenvalue weighted by atomic mass is 79.9. The number of thioether (sulfide) groups is 1. The highest BCUT2D eigenvalue weighted by Gasteiger charge is 2.15. The van der Waals surface area contributed by atoms with Crippen LogP contribution < -0.4 is 11.2 Å². The van der Waals surface area contributed by atoms with E-state index in [-0.39, 0.29) is 17.7 Å². The van der Waals surface area contributed by atoms with E-state index >= 15 is 0 Å². The first-order valence-electron chi connectivity index (χ1n) is 7.40. The summed E-state index contributed by atoms with van der Waals surface area (Å²) in [5.41, 5.74) is 0.857. The van der Waals surface area contributed by atoms with Gasteiger partial charge in [0.2, 0.25) is 11.1 Å². The third-order valence-corrected chi connectivity index (χ3v) is 4.88. The van der Waals surface area contributed by atoms with Gasteiger partial charge in [0.05, 0.1) is 5.75 Å². The molecule has 1 aromatic carbocycles. The number of halogens is 1. The number of nitrogens with one attached hydrogen (secondary N) is 1. The highest BCUT2D eigenvalue weighted by Crippen LogP contribution is 2.27. The first-order valence-corrected chi connectivity index (χ1v) is 9.18. The van der Waals surface area contributed by atoms with Gasteiger partial charge in [-0.2, -0.15) is 0 Å². The predicted molar refractivity (Wildman–Crippen MR) is 96.5 cm³/mol. The topological polar surface area (TPSA) is 85.8 Å². The Balaban J connectivity index is 2.00. The summed E-state index contributed by atoms with van der Waals surface area (Å²) >= 11 is 4.75. The maximum atomic E-state index is 11.9. The fraction of sp³-hybridized carbons (Fsp3) is 0.400. The summed E-state index contributed by atoms with van der Waals surface area (Å²) in [4.78, 5) is 11.9. The summed E-state index contributed by atoms with van der Waals surface area (Å²) in [5, 5.41) is 11.7. The van der Waals surface area contributed by atoms with E-state index in [1.54, 1.807) is 0 Å². The van der Waals surface area contributed by atoms with Gasteiger partial charge in [-0.25, -0.2) is 4.68 Å². The number of nitrogen functional groups attached to an aromatic ring is 1. The average molecular weight is 398 g/mol. The number of hydrogen-bond donors (Lipinski definition) is 2. The van der Waals surface area contributed by atoms with E-state index in [9.17, 15) is 4.79 Å². The van der Waals surface area contributed by atoms with Crippen molar-refractivity contribution < 1.29 is 4.79 Å². The molecule has 1 amide bonds. The quantitative estimate of drug-likeness (QED) is 0.553. The molecule has 23 heavy (non-hydrogen) atoms.